The van der Waals surface area contributed by atoms with Crippen LogP contribution in [0.1, 0.15) is 22.0 Å². The Hall–Kier alpha value is -4.02. The Kier molecular flexibility index (Phi) is 6.88. The maximum absolute atomic E-state index is 4.71. The van der Waals surface area contributed by atoms with Gasteiger partial charge in [0, 0.05) is 21.9 Å². The molecule has 5 rings (SSSR count). The van der Waals surface area contributed by atoms with Crippen molar-refractivity contribution in [3.63, 3.8) is 0 Å². The highest BCUT2D eigenvalue weighted by atomic mass is 32.1. The van der Waals surface area contributed by atoms with Crippen LogP contribution in [0, 0.1) is 0 Å². The number of benzene rings is 4. The molecule has 1 unspecified atom stereocenters. The summed E-state index contributed by atoms with van der Waals surface area (Å²) in [5.41, 5.74) is 5.65. The standard InChI is InChI=1S/C30H25N3S/c1-4-11-25(12-5-1)30(29-17-10-22-34-29)32-31-23-24-18-20-28(21-19-24)33(26-13-6-2-7-14-26)27-15-8-3-9-16-27/h1-22,30H,23H2. The van der Waals surface area contributed by atoms with E-state index in [-0.39, 0.29) is 6.04 Å². The third kappa shape index (κ3) is 5.13. The molecular formula is C30H25N3S. The SMILES string of the molecule is c1ccc(C(N=NCc2ccc(N(c3ccccc3)c3ccccc3)cc2)c2cccs2)cc1. The highest BCUT2D eigenvalue weighted by Gasteiger charge is 2.14. The summed E-state index contributed by atoms with van der Waals surface area (Å²) in [6, 6.07) is 43.9. The molecule has 0 aliphatic heterocycles. The largest absolute Gasteiger partial charge is 0.311 e. The molecule has 1 aromatic heterocycles. The first kappa shape index (κ1) is 21.8. The minimum atomic E-state index is -0.0628. The molecule has 34 heavy (non-hydrogen) atoms. The molecule has 5 aromatic rings. The Labute approximate surface area is 204 Å². The third-order valence-corrected chi connectivity index (χ3v) is 6.53. The maximum atomic E-state index is 4.71. The molecule has 0 N–H and O–H groups in total. The average Bonchev–Trinajstić information content (AvgIpc) is 3.44. The van der Waals surface area contributed by atoms with Crippen LogP contribution >= 0.6 is 11.3 Å². The van der Waals surface area contributed by atoms with Crippen molar-refractivity contribution in [2.24, 2.45) is 10.2 Å². The van der Waals surface area contributed by atoms with Gasteiger partial charge in [-0.2, -0.15) is 10.2 Å². The first-order valence-corrected chi connectivity index (χ1v) is 12.2. The zero-order chi connectivity index (χ0) is 23.0. The lowest BCUT2D eigenvalue weighted by Gasteiger charge is -2.25. The Morgan fingerprint density at radius 1 is 0.588 bits per heavy atom. The summed E-state index contributed by atoms with van der Waals surface area (Å²) in [6.07, 6.45) is 0. The molecule has 3 nitrogen and oxygen atoms in total. The Bertz CT molecular complexity index is 1260. The molecule has 0 spiro atoms. The molecule has 0 aliphatic carbocycles. The fourth-order valence-electron chi connectivity index (χ4n) is 3.93. The molecule has 4 heteroatoms. The van der Waals surface area contributed by atoms with Gasteiger partial charge in [0.2, 0.25) is 0 Å². The average molecular weight is 460 g/mol. The van der Waals surface area contributed by atoms with Gasteiger partial charge in [0.05, 0.1) is 6.54 Å². The van der Waals surface area contributed by atoms with Gasteiger partial charge in [-0.3, -0.25) is 0 Å². The first-order valence-electron chi connectivity index (χ1n) is 11.3. The number of para-hydroxylation sites is 2. The van der Waals surface area contributed by atoms with Gasteiger partial charge in [0.15, 0.2) is 0 Å². The summed E-state index contributed by atoms with van der Waals surface area (Å²) in [5, 5.41) is 11.4. The van der Waals surface area contributed by atoms with Gasteiger partial charge in [0.25, 0.3) is 0 Å². The zero-order valence-corrected chi connectivity index (χ0v) is 19.6. The molecule has 4 aromatic carbocycles. The van der Waals surface area contributed by atoms with Gasteiger partial charge in [-0.05, 0) is 59.0 Å². The van der Waals surface area contributed by atoms with Gasteiger partial charge >= 0.3 is 0 Å². The van der Waals surface area contributed by atoms with E-state index < -0.39 is 0 Å². The van der Waals surface area contributed by atoms with Crippen molar-refractivity contribution < 1.29 is 0 Å². The van der Waals surface area contributed by atoms with Crippen LogP contribution < -0.4 is 4.90 Å². The fraction of sp³-hybridized carbons (Fsp3) is 0.0667. The summed E-state index contributed by atoms with van der Waals surface area (Å²) >= 11 is 1.71. The van der Waals surface area contributed by atoms with Gasteiger partial charge in [-0.1, -0.05) is 84.9 Å². The zero-order valence-electron chi connectivity index (χ0n) is 18.7. The van der Waals surface area contributed by atoms with Crippen LogP contribution in [-0.4, -0.2) is 0 Å². The number of hydrogen-bond donors (Lipinski definition) is 0. The molecule has 166 valence electrons. The molecule has 0 saturated heterocycles. The summed E-state index contributed by atoms with van der Waals surface area (Å²) in [5.74, 6) is 0. The van der Waals surface area contributed by atoms with Crippen molar-refractivity contribution in [2.75, 3.05) is 4.90 Å². The van der Waals surface area contributed by atoms with E-state index in [0.29, 0.717) is 6.54 Å². The number of thiophene rings is 1. The lowest BCUT2D eigenvalue weighted by Crippen LogP contribution is -2.09. The highest BCUT2D eigenvalue weighted by molar-refractivity contribution is 7.10. The van der Waals surface area contributed by atoms with Crippen LogP contribution in [0.15, 0.2) is 143 Å². The molecule has 1 atom stereocenters. The van der Waals surface area contributed by atoms with Crippen LogP contribution in [0.2, 0.25) is 0 Å². The summed E-state index contributed by atoms with van der Waals surface area (Å²) in [6.45, 7) is 0.547. The highest BCUT2D eigenvalue weighted by Crippen LogP contribution is 2.34. The summed E-state index contributed by atoms with van der Waals surface area (Å²) in [4.78, 5) is 3.46. The number of hydrogen-bond acceptors (Lipinski definition) is 4. The summed E-state index contributed by atoms with van der Waals surface area (Å²) in [7, 11) is 0. The Morgan fingerprint density at radius 2 is 1.15 bits per heavy atom. The Morgan fingerprint density at radius 3 is 1.71 bits per heavy atom. The third-order valence-electron chi connectivity index (χ3n) is 5.60. The molecule has 0 fully saturated rings. The monoisotopic (exact) mass is 459 g/mol. The Balaban J connectivity index is 1.36. The predicted molar refractivity (Wildman–Crippen MR) is 142 cm³/mol. The number of azo groups is 1. The maximum Gasteiger partial charge on any atom is 0.130 e. The van der Waals surface area contributed by atoms with Crippen LogP contribution in [-0.2, 0) is 6.54 Å². The van der Waals surface area contributed by atoms with E-state index in [9.17, 15) is 0 Å². The van der Waals surface area contributed by atoms with Gasteiger partial charge in [-0.25, -0.2) is 0 Å². The van der Waals surface area contributed by atoms with E-state index >= 15 is 0 Å². The lowest BCUT2D eigenvalue weighted by molar-refractivity contribution is 0.768. The van der Waals surface area contributed by atoms with Gasteiger partial charge in [-0.15, -0.1) is 11.3 Å². The van der Waals surface area contributed by atoms with E-state index in [1.54, 1.807) is 11.3 Å². The molecular weight excluding hydrogens is 434 g/mol. The van der Waals surface area contributed by atoms with Crippen molar-refractivity contribution in [1.82, 2.24) is 0 Å². The molecule has 1 heterocycles. The van der Waals surface area contributed by atoms with E-state index in [2.05, 4.69) is 125 Å². The quantitative estimate of drug-likeness (QED) is 0.213. The van der Waals surface area contributed by atoms with Gasteiger partial charge in [0.1, 0.15) is 6.04 Å². The smallest absolute Gasteiger partial charge is 0.130 e. The minimum absolute atomic E-state index is 0.0628. The van der Waals surface area contributed by atoms with Crippen LogP contribution in [0.25, 0.3) is 0 Å². The normalized spacial score (nSPS) is 12.0. The van der Waals surface area contributed by atoms with Gasteiger partial charge < -0.3 is 4.90 Å². The number of nitrogens with zero attached hydrogens (tertiary/aromatic N) is 3. The number of rotatable bonds is 8. The topological polar surface area (TPSA) is 28.0 Å². The van der Waals surface area contributed by atoms with Crippen molar-refractivity contribution in [3.05, 3.63) is 149 Å². The molecule has 0 saturated carbocycles. The molecule has 0 aliphatic rings. The van der Waals surface area contributed by atoms with Crippen LogP contribution in [0.4, 0.5) is 17.1 Å². The van der Waals surface area contributed by atoms with Crippen molar-refractivity contribution >= 4 is 28.4 Å². The van der Waals surface area contributed by atoms with E-state index in [0.717, 1.165) is 28.2 Å². The second kappa shape index (κ2) is 10.7. The lowest BCUT2D eigenvalue weighted by atomic mass is 10.1. The first-order chi connectivity index (χ1) is 16.9. The molecule has 0 amide bonds. The fourth-order valence-corrected chi connectivity index (χ4v) is 4.71. The van der Waals surface area contributed by atoms with Crippen LogP contribution in [0.3, 0.4) is 0 Å². The molecule has 0 bridgehead atoms. The van der Waals surface area contributed by atoms with Crippen molar-refractivity contribution in [1.29, 1.82) is 0 Å². The second-order valence-electron chi connectivity index (χ2n) is 7.92. The van der Waals surface area contributed by atoms with E-state index in [1.165, 1.54) is 4.88 Å². The van der Waals surface area contributed by atoms with E-state index in [4.69, 9.17) is 5.11 Å². The molecule has 0 radical (unpaired) electrons. The van der Waals surface area contributed by atoms with Crippen molar-refractivity contribution in [3.8, 4) is 0 Å². The van der Waals surface area contributed by atoms with Crippen molar-refractivity contribution in [2.45, 2.75) is 12.6 Å². The predicted octanol–water partition coefficient (Wildman–Crippen LogP) is 8.96. The number of anilines is 3. The summed E-state index contributed by atoms with van der Waals surface area (Å²) < 4.78 is 0. The van der Waals surface area contributed by atoms with E-state index in [1.807, 2.05) is 18.2 Å². The second-order valence-corrected chi connectivity index (χ2v) is 8.90. The minimum Gasteiger partial charge on any atom is -0.311 e. The van der Waals surface area contributed by atoms with Crippen LogP contribution in [0.5, 0.6) is 0 Å².